The van der Waals surface area contributed by atoms with Crippen molar-refractivity contribution in [1.29, 1.82) is 0 Å². The van der Waals surface area contributed by atoms with Crippen LogP contribution in [0.1, 0.15) is 38.8 Å². The Kier molecular flexibility index (Phi) is 7.25. The van der Waals surface area contributed by atoms with Gasteiger partial charge in [-0.25, -0.2) is 4.68 Å². The minimum absolute atomic E-state index is 0.0286. The molecule has 1 unspecified atom stereocenters. The molecule has 184 valence electrons. The summed E-state index contributed by atoms with van der Waals surface area (Å²) in [5.41, 5.74) is 0.283. The predicted molar refractivity (Wildman–Crippen MR) is 116 cm³/mol. The van der Waals surface area contributed by atoms with Crippen LogP contribution in [0.2, 0.25) is 5.28 Å². The quantitative estimate of drug-likeness (QED) is 0.212. The average Bonchev–Trinajstić information content (AvgIpc) is 3.43. The zero-order valence-electron chi connectivity index (χ0n) is 17.7. The molecule has 13 nitrogen and oxygen atoms in total. The molecule has 4 rings (SSSR count). The van der Waals surface area contributed by atoms with Gasteiger partial charge in [0.2, 0.25) is 5.28 Å². The number of rotatable bonds is 8. The number of fused-ring (bicyclic) bond motifs is 1. The number of ether oxygens (including phenoxy) is 2. The monoisotopic (exact) mass is 507 g/mol. The normalized spacial score (nSPS) is 28.5. The second-order valence-electron chi connectivity index (χ2n) is 8.39. The maximum absolute atomic E-state index is 11.5. The summed E-state index contributed by atoms with van der Waals surface area (Å²) in [4.78, 5) is 27.1. The van der Waals surface area contributed by atoms with Crippen molar-refractivity contribution < 1.29 is 39.1 Å². The Bertz CT molecular complexity index is 1030. The number of nitrogens with one attached hydrogen (secondary N) is 1. The first-order chi connectivity index (χ1) is 15.6. The Morgan fingerprint density at radius 1 is 1.30 bits per heavy atom. The Hall–Kier alpha value is -1.41. The maximum atomic E-state index is 11.5. The van der Waals surface area contributed by atoms with Crippen molar-refractivity contribution in [2.45, 2.75) is 75.1 Å². The van der Waals surface area contributed by atoms with Crippen LogP contribution in [0, 0.1) is 0 Å². The first kappa shape index (κ1) is 24.7. The molecule has 2 aliphatic rings. The molecule has 1 saturated carbocycles. The van der Waals surface area contributed by atoms with E-state index in [1.807, 2.05) is 0 Å². The van der Waals surface area contributed by atoms with Gasteiger partial charge in [0.15, 0.2) is 17.7 Å². The fourth-order valence-corrected chi connectivity index (χ4v) is 5.25. The zero-order valence-corrected chi connectivity index (χ0v) is 19.4. The number of aromatic nitrogens is 4. The highest BCUT2D eigenvalue weighted by Crippen LogP contribution is 2.44. The Morgan fingerprint density at radius 2 is 2.00 bits per heavy atom. The SMILES string of the molecule is C[C@H](O)[C@@H](OCC1O[C@@H](n2ncc3c(NC4CCCC4)nc(Cl)nc32)[C@H](O)[C@@H]1O)P(=O)(O)O. The molecule has 6 N–H and O–H groups in total. The van der Waals surface area contributed by atoms with Gasteiger partial charge >= 0.3 is 7.60 Å². The summed E-state index contributed by atoms with van der Waals surface area (Å²) in [6.07, 6.45) is -0.898. The molecular weight excluding hydrogens is 481 g/mol. The van der Waals surface area contributed by atoms with Crippen molar-refractivity contribution in [3.63, 3.8) is 0 Å². The van der Waals surface area contributed by atoms with Gasteiger partial charge < -0.3 is 39.9 Å². The molecule has 1 aliphatic carbocycles. The summed E-state index contributed by atoms with van der Waals surface area (Å²) >= 11 is 6.12. The minimum Gasteiger partial charge on any atom is -0.390 e. The maximum Gasteiger partial charge on any atom is 0.356 e. The molecular formula is C18H27ClN5O8P. The Balaban J connectivity index is 1.54. The van der Waals surface area contributed by atoms with Gasteiger partial charge in [-0.2, -0.15) is 15.1 Å². The molecule has 1 aliphatic heterocycles. The zero-order chi connectivity index (χ0) is 23.9. The van der Waals surface area contributed by atoms with Crippen LogP contribution in [-0.4, -0.2) is 87.8 Å². The van der Waals surface area contributed by atoms with E-state index in [0.717, 1.165) is 25.7 Å². The van der Waals surface area contributed by atoms with Gasteiger partial charge in [0.25, 0.3) is 0 Å². The van der Waals surface area contributed by atoms with Crippen LogP contribution >= 0.6 is 19.2 Å². The molecule has 6 atom stereocenters. The van der Waals surface area contributed by atoms with Crippen LogP contribution in [0.5, 0.6) is 0 Å². The van der Waals surface area contributed by atoms with Gasteiger partial charge in [0, 0.05) is 6.04 Å². The Labute approximate surface area is 193 Å². The van der Waals surface area contributed by atoms with Gasteiger partial charge in [-0.15, -0.1) is 0 Å². The molecule has 0 spiro atoms. The summed E-state index contributed by atoms with van der Waals surface area (Å²) in [6, 6.07) is 0.259. The lowest BCUT2D eigenvalue weighted by Gasteiger charge is -2.24. The topological polar surface area (TPSA) is 192 Å². The second-order valence-corrected chi connectivity index (χ2v) is 10.4. The van der Waals surface area contributed by atoms with Crippen molar-refractivity contribution in [3.8, 4) is 0 Å². The summed E-state index contributed by atoms with van der Waals surface area (Å²) in [5.74, 6) is -1.29. The minimum atomic E-state index is -4.77. The van der Waals surface area contributed by atoms with Crippen LogP contribution in [0.3, 0.4) is 0 Å². The molecule has 15 heteroatoms. The highest BCUT2D eigenvalue weighted by atomic mass is 35.5. The largest absolute Gasteiger partial charge is 0.390 e. The van der Waals surface area contributed by atoms with E-state index in [4.69, 9.17) is 21.1 Å². The van der Waals surface area contributed by atoms with Crippen molar-refractivity contribution in [2.75, 3.05) is 11.9 Å². The van der Waals surface area contributed by atoms with Crippen molar-refractivity contribution in [1.82, 2.24) is 19.7 Å². The van der Waals surface area contributed by atoms with Crippen molar-refractivity contribution in [3.05, 3.63) is 11.5 Å². The lowest BCUT2D eigenvalue weighted by Crippen LogP contribution is -2.36. The number of nitrogens with zero attached hydrogens (tertiary/aromatic N) is 4. The molecule has 33 heavy (non-hydrogen) atoms. The number of halogens is 1. The van der Waals surface area contributed by atoms with Crippen LogP contribution in [0.15, 0.2) is 6.20 Å². The fraction of sp³-hybridized carbons (Fsp3) is 0.722. The van der Waals surface area contributed by atoms with E-state index in [1.54, 1.807) is 0 Å². The van der Waals surface area contributed by atoms with E-state index in [2.05, 4.69) is 20.4 Å². The predicted octanol–water partition coefficient (Wildman–Crippen LogP) is 0.355. The molecule has 0 aromatic carbocycles. The summed E-state index contributed by atoms with van der Waals surface area (Å²) in [5, 5.41) is 38.7. The fourth-order valence-electron chi connectivity index (χ4n) is 4.24. The van der Waals surface area contributed by atoms with Crippen molar-refractivity contribution in [2.24, 2.45) is 0 Å². The highest BCUT2D eigenvalue weighted by Gasteiger charge is 2.46. The average molecular weight is 508 g/mol. The Morgan fingerprint density at radius 3 is 2.64 bits per heavy atom. The highest BCUT2D eigenvalue weighted by molar-refractivity contribution is 7.52. The third-order valence-electron chi connectivity index (χ3n) is 5.88. The van der Waals surface area contributed by atoms with Crippen LogP contribution in [0.25, 0.3) is 11.0 Å². The summed E-state index contributed by atoms with van der Waals surface area (Å²) < 4.78 is 23.6. The van der Waals surface area contributed by atoms with Crippen molar-refractivity contribution >= 4 is 36.0 Å². The van der Waals surface area contributed by atoms with E-state index in [9.17, 15) is 29.7 Å². The molecule has 3 heterocycles. The molecule has 2 aromatic rings. The van der Waals surface area contributed by atoms with Crippen LogP contribution in [0.4, 0.5) is 5.82 Å². The van der Waals surface area contributed by atoms with E-state index in [0.29, 0.717) is 11.2 Å². The second kappa shape index (κ2) is 9.68. The molecule has 1 saturated heterocycles. The molecule has 2 aromatic heterocycles. The van der Waals surface area contributed by atoms with Gasteiger partial charge in [-0.05, 0) is 31.4 Å². The summed E-state index contributed by atoms with van der Waals surface area (Å²) in [7, 11) is -4.77. The van der Waals surface area contributed by atoms with Gasteiger partial charge in [-0.1, -0.05) is 12.8 Å². The molecule has 0 radical (unpaired) electrons. The van der Waals surface area contributed by atoms with Crippen LogP contribution < -0.4 is 5.32 Å². The number of aliphatic hydroxyl groups excluding tert-OH is 3. The van der Waals surface area contributed by atoms with Gasteiger partial charge in [-0.3, -0.25) is 4.57 Å². The third kappa shape index (κ3) is 5.16. The number of aliphatic hydroxyl groups is 3. The van der Waals surface area contributed by atoms with E-state index in [-0.39, 0.29) is 17.0 Å². The number of hydrogen-bond acceptors (Lipinski definition) is 10. The van der Waals surface area contributed by atoms with E-state index >= 15 is 0 Å². The molecule has 0 bridgehead atoms. The molecule has 0 amide bonds. The van der Waals surface area contributed by atoms with Gasteiger partial charge in [0.05, 0.1) is 24.3 Å². The number of anilines is 1. The standard InChI is InChI=1S/C18H27ClN5O8P/c1-8(25)17(33(28,29)30)31-7-11-12(26)13(27)16(32-11)24-15-10(6-20-24)14(22-18(19)23-15)21-9-4-2-3-5-9/h6,8-9,11-13,16-17,25-27H,2-5,7H2,1H3,(H,21,22,23)(H2,28,29,30)/t8-,11?,12+,13+,16+,17-/m0/s1. The smallest absolute Gasteiger partial charge is 0.356 e. The van der Waals surface area contributed by atoms with E-state index in [1.165, 1.54) is 17.8 Å². The first-order valence-corrected chi connectivity index (χ1v) is 12.7. The first-order valence-electron chi connectivity index (χ1n) is 10.6. The number of hydrogen-bond donors (Lipinski definition) is 6. The van der Waals surface area contributed by atoms with E-state index < -0.39 is 50.7 Å². The third-order valence-corrected chi connectivity index (χ3v) is 7.29. The lowest BCUT2D eigenvalue weighted by atomic mass is 10.1. The lowest BCUT2D eigenvalue weighted by molar-refractivity contribution is -0.0890. The molecule has 2 fully saturated rings. The van der Waals surface area contributed by atoms with Gasteiger partial charge in [0.1, 0.15) is 24.1 Å². The summed E-state index contributed by atoms with van der Waals surface area (Å²) in [6.45, 7) is 0.683. The van der Waals surface area contributed by atoms with Crippen LogP contribution in [-0.2, 0) is 14.0 Å².